The van der Waals surface area contributed by atoms with Crippen molar-refractivity contribution in [3.8, 4) is 0 Å². The van der Waals surface area contributed by atoms with Gasteiger partial charge in [0.25, 0.3) is 0 Å². The number of benzene rings is 1. The largest absolute Gasteiger partial charge is 0.370 e. The number of guanidine groups is 1. The molecule has 0 atom stereocenters. The highest BCUT2D eigenvalue weighted by atomic mass is 127. The van der Waals surface area contributed by atoms with Gasteiger partial charge in [-0.25, -0.2) is 4.99 Å². The van der Waals surface area contributed by atoms with Crippen molar-refractivity contribution in [1.29, 1.82) is 0 Å². The molecule has 5 heteroatoms. The van der Waals surface area contributed by atoms with Gasteiger partial charge in [-0.05, 0) is 34.7 Å². The van der Waals surface area contributed by atoms with Gasteiger partial charge in [0.15, 0.2) is 5.96 Å². The monoisotopic (exact) mass is 295 g/mol. The van der Waals surface area contributed by atoms with Crippen molar-refractivity contribution in [1.82, 2.24) is 0 Å². The molecule has 0 saturated heterocycles. The molecule has 1 rings (SSSR count). The molecule has 12 heavy (non-hydrogen) atoms. The fourth-order valence-corrected chi connectivity index (χ4v) is 1.37. The van der Waals surface area contributed by atoms with E-state index in [1.165, 1.54) is 0 Å². The van der Waals surface area contributed by atoms with Crippen LogP contribution in [0, 0.1) is 3.57 Å². The number of nitrogens with two attached hydrogens (primary N) is 2. The van der Waals surface area contributed by atoms with E-state index < -0.39 is 0 Å². The molecule has 3 nitrogen and oxygen atoms in total. The highest BCUT2D eigenvalue weighted by Gasteiger charge is 2.01. The molecular weight excluding hydrogens is 288 g/mol. The van der Waals surface area contributed by atoms with Crippen LogP contribution in [0.5, 0.6) is 0 Å². The molecule has 0 aliphatic carbocycles. The Morgan fingerprint density at radius 1 is 1.42 bits per heavy atom. The zero-order valence-corrected chi connectivity index (χ0v) is 9.00. The fraction of sp³-hybridized carbons (Fsp3) is 0. The van der Waals surface area contributed by atoms with Gasteiger partial charge in [0.2, 0.25) is 0 Å². The minimum absolute atomic E-state index is 0.0372. The Morgan fingerprint density at radius 3 is 2.67 bits per heavy atom. The topological polar surface area (TPSA) is 64.4 Å². The summed E-state index contributed by atoms with van der Waals surface area (Å²) < 4.78 is 0.852. The number of nitrogens with zero attached hydrogens (tertiary/aromatic N) is 1. The Labute approximate surface area is 88.9 Å². The highest BCUT2D eigenvalue weighted by molar-refractivity contribution is 14.1. The van der Waals surface area contributed by atoms with Gasteiger partial charge in [0.1, 0.15) is 0 Å². The number of hydrogen-bond acceptors (Lipinski definition) is 1. The van der Waals surface area contributed by atoms with E-state index in [1.807, 2.05) is 0 Å². The minimum atomic E-state index is 0.0372. The number of hydrogen-bond donors (Lipinski definition) is 2. The van der Waals surface area contributed by atoms with Crippen molar-refractivity contribution in [2.45, 2.75) is 0 Å². The molecule has 1 aromatic carbocycles. The standard InChI is InChI=1S/C7H7ClIN3/c8-4-2-1-3-5(6(4)9)12-7(10)11/h1-3H,(H4,10,11,12). The van der Waals surface area contributed by atoms with Crippen molar-refractivity contribution in [3.63, 3.8) is 0 Å². The van der Waals surface area contributed by atoms with Crippen LogP contribution in [0.2, 0.25) is 5.02 Å². The van der Waals surface area contributed by atoms with E-state index in [2.05, 4.69) is 27.6 Å². The van der Waals surface area contributed by atoms with Crippen molar-refractivity contribution >= 4 is 45.8 Å². The Balaban J connectivity index is 3.17. The minimum Gasteiger partial charge on any atom is -0.370 e. The Hall–Kier alpha value is -0.490. The first-order chi connectivity index (χ1) is 5.61. The van der Waals surface area contributed by atoms with Crippen molar-refractivity contribution in [3.05, 3.63) is 26.8 Å². The molecule has 0 amide bonds. The summed E-state index contributed by atoms with van der Waals surface area (Å²) in [6.45, 7) is 0. The fourth-order valence-electron chi connectivity index (χ4n) is 0.718. The summed E-state index contributed by atoms with van der Waals surface area (Å²) in [4.78, 5) is 3.90. The zero-order valence-electron chi connectivity index (χ0n) is 6.09. The van der Waals surface area contributed by atoms with Crippen molar-refractivity contribution < 1.29 is 0 Å². The quantitative estimate of drug-likeness (QED) is 0.472. The molecule has 0 aromatic heterocycles. The van der Waals surface area contributed by atoms with Crippen LogP contribution in [0.1, 0.15) is 0 Å². The van der Waals surface area contributed by atoms with Gasteiger partial charge in [-0.15, -0.1) is 0 Å². The summed E-state index contributed by atoms with van der Waals surface area (Å²) in [7, 11) is 0. The second kappa shape index (κ2) is 3.95. The summed E-state index contributed by atoms with van der Waals surface area (Å²) in [5, 5.41) is 0.651. The molecule has 0 aliphatic rings. The van der Waals surface area contributed by atoms with Crippen LogP contribution >= 0.6 is 34.2 Å². The average Bonchev–Trinajstić information content (AvgIpc) is 1.98. The number of aliphatic imine (C=N–C) groups is 1. The Bertz CT molecular complexity index is 320. The van der Waals surface area contributed by atoms with Crippen LogP contribution in [0.4, 0.5) is 5.69 Å². The van der Waals surface area contributed by atoms with E-state index in [-0.39, 0.29) is 5.96 Å². The maximum atomic E-state index is 5.84. The van der Waals surface area contributed by atoms with Crippen molar-refractivity contribution in [2.24, 2.45) is 16.5 Å². The third-order valence-corrected chi connectivity index (χ3v) is 2.95. The molecule has 0 heterocycles. The first kappa shape index (κ1) is 9.60. The van der Waals surface area contributed by atoms with Crippen LogP contribution in [-0.4, -0.2) is 5.96 Å². The second-order valence-corrected chi connectivity index (χ2v) is 3.60. The SMILES string of the molecule is NC(N)=Nc1cccc(Cl)c1I. The van der Waals surface area contributed by atoms with Gasteiger partial charge in [0.05, 0.1) is 14.3 Å². The molecule has 4 N–H and O–H groups in total. The van der Waals surface area contributed by atoms with Crippen LogP contribution < -0.4 is 11.5 Å². The summed E-state index contributed by atoms with van der Waals surface area (Å²) in [5.41, 5.74) is 11.1. The Kier molecular flexibility index (Phi) is 3.16. The first-order valence-electron chi connectivity index (χ1n) is 3.15. The van der Waals surface area contributed by atoms with Gasteiger partial charge < -0.3 is 11.5 Å². The first-order valence-corrected chi connectivity index (χ1v) is 4.60. The van der Waals surface area contributed by atoms with E-state index in [1.54, 1.807) is 18.2 Å². The van der Waals surface area contributed by atoms with E-state index in [4.69, 9.17) is 23.1 Å². The lowest BCUT2D eigenvalue weighted by Crippen LogP contribution is -2.22. The normalized spacial score (nSPS) is 9.50. The average molecular weight is 296 g/mol. The lowest BCUT2D eigenvalue weighted by molar-refractivity contribution is 1.41. The summed E-state index contributed by atoms with van der Waals surface area (Å²) in [6.07, 6.45) is 0. The van der Waals surface area contributed by atoms with Gasteiger partial charge in [-0.3, -0.25) is 0 Å². The van der Waals surface area contributed by atoms with Crippen LogP contribution in [-0.2, 0) is 0 Å². The highest BCUT2D eigenvalue weighted by Crippen LogP contribution is 2.27. The van der Waals surface area contributed by atoms with Crippen LogP contribution in [0.25, 0.3) is 0 Å². The molecule has 64 valence electrons. The summed E-state index contributed by atoms with van der Waals surface area (Å²) >= 11 is 7.93. The van der Waals surface area contributed by atoms with Gasteiger partial charge in [0, 0.05) is 0 Å². The van der Waals surface area contributed by atoms with E-state index in [0.717, 1.165) is 3.57 Å². The van der Waals surface area contributed by atoms with Crippen LogP contribution in [0.15, 0.2) is 23.2 Å². The summed E-state index contributed by atoms with van der Waals surface area (Å²) in [6, 6.07) is 5.38. The molecule has 1 aromatic rings. The zero-order chi connectivity index (χ0) is 9.14. The van der Waals surface area contributed by atoms with Crippen molar-refractivity contribution in [2.75, 3.05) is 0 Å². The molecule has 0 fully saturated rings. The molecule has 0 saturated carbocycles. The maximum Gasteiger partial charge on any atom is 0.191 e. The maximum absolute atomic E-state index is 5.84. The molecule has 0 aliphatic heterocycles. The second-order valence-electron chi connectivity index (χ2n) is 2.11. The van der Waals surface area contributed by atoms with Gasteiger partial charge in [-0.1, -0.05) is 17.7 Å². The molecule has 0 spiro atoms. The summed E-state index contributed by atoms with van der Waals surface area (Å²) in [5.74, 6) is 0.0372. The lowest BCUT2D eigenvalue weighted by Gasteiger charge is -1.99. The molecule has 0 radical (unpaired) electrons. The number of halogens is 2. The molecule has 0 bridgehead atoms. The molecular formula is C7H7ClIN3. The predicted molar refractivity (Wildman–Crippen MR) is 59.6 cm³/mol. The lowest BCUT2D eigenvalue weighted by atomic mass is 10.3. The predicted octanol–water partition coefficient (Wildman–Crippen LogP) is 1.85. The van der Waals surface area contributed by atoms with E-state index >= 15 is 0 Å². The van der Waals surface area contributed by atoms with Gasteiger partial charge in [-0.2, -0.15) is 0 Å². The Morgan fingerprint density at radius 2 is 2.08 bits per heavy atom. The number of rotatable bonds is 1. The smallest absolute Gasteiger partial charge is 0.191 e. The van der Waals surface area contributed by atoms with Gasteiger partial charge >= 0.3 is 0 Å². The molecule has 0 unspecified atom stereocenters. The van der Waals surface area contributed by atoms with E-state index in [0.29, 0.717) is 10.7 Å². The van der Waals surface area contributed by atoms with Crippen LogP contribution in [0.3, 0.4) is 0 Å². The third-order valence-electron chi connectivity index (χ3n) is 1.18. The van der Waals surface area contributed by atoms with E-state index in [9.17, 15) is 0 Å². The third kappa shape index (κ3) is 2.25.